The molecule has 8 aromatic rings. The Balaban J connectivity index is 0.000000201. The van der Waals surface area contributed by atoms with Gasteiger partial charge in [-0.1, -0.05) is 110 Å². The zero-order chi connectivity index (χ0) is 36.5. The monoisotopic (exact) mass is 897 g/mol. The Labute approximate surface area is 331 Å². The Hall–Kier alpha value is -5.33. The predicted octanol–water partition coefficient (Wildman–Crippen LogP) is 11.1. The Morgan fingerprint density at radius 3 is 2.22 bits per heavy atom. The molecule has 1 unspecified atom stereocenters. The average molecular weight is 897 g/mol. The molecule has 7 heteroatoms. The average Bonchev–Trinajstić information content (AvgIpc) is 3.76. The second-order valence-electron chi connectivity index (χ2n) is 14.4. The summed E-state index contributed by atoms with van der Waals surface area (Å²) in [6.07, 6.45) is 5.11. The smallest absolute Gasteiger partial charge is 0.216 e. The van der Waals surface area contributed by atoms with Crippen molar-refractivity contribution in [3.05, 3.63) is 174 Å². The number of furan rings is 1. The minimum Gasteiger partial charge on any atom is -0.486 e. The normalized spacial score (nSPS) is 13.5. The van der Waals surface area contributed by atoms with Gasteiger partial charge in [-0.3, -0.25) is 9.98 Å². The SMILES string of the molecule is CCc1cc(-c2[c-]cccc2)ncc1[Si](C)(C)C.Cc1cc2c(cn1)C(c1ccccc1)C(c1[c-]ccc3c1oc1nc(-c4ccccc4)ccc13)=N2.[Ir]. The number of nitrogens with zero attached hydrogens (tertiary/aromatic N) is 4. The molecule has 54 heavy (non-hydrogen) atoms. The summed E-state index contributed by atoms with van der Waals surface area (Å²) >= 11 is 0. The molecule has 0 saturated heterocycles. The van der Waals surface area contributed by atoms with Crippen LogP contribution in [0.5, 0.6) is 0 Å². The van der Waals surface area contributed by atoms with E-state index in [1.165, 1.54) is 16.3 Å². The first-order valence-corrected chi connectivity index (χ1v) is 21.6. The Morgan fingerprint density at radius 2 is 1.50 bits per heavy atom. The quantitative estimate of drug-likeness (QED) is 0.123. The van der Waals surface area contributed by atoms with Crippen molar-refractivity contribution in [1.82, 2.24) is 15.0 Å². The van der Waals surface area contributed by atoms with Crippen molar-refractivity contribution < 1.29 is 24.5 Å². The van der Waals surface area contributed by atoms with Crippen molar-refractivity contribution in [2.75, 3.05) is 0 Å². The number of benzene rings is 4. The van der Waals surface area contributed by atoms with Crippen molar-refractivity contribution in [3.63, 3.8) is 0 Å². The number of aryl methyl sites for hydroxylation is 2. The Bertz CT molecular complexity index is 2600. The summed E-state index contributed by atoms with van der Waals surface area (Å²) in [5, 5.41) is 3.48. The van der Waals surface area contributed by atoms with Gasteiger partial charge >= 0.3 is 0 Å². The van der Waals surface area contributed by atoms with Crippen LogP contribution >= 0.6 is 0 Å². The predicted molar refractivity (Wildman–Crippen MR) is 220 cm³/mol. The van der Waals surface area contributed by atoms with Crippen molar-refractivity contribution in [3.8, 4) is 22.5 Å². The Kier molecular flexibility index (Phi) is 10.7. The van der Waals surface area contributed by atoms with Crippen LogP contribution in [0.15, 0.2) is 143 Å². The summed E-state index contributed by atoms with van der Waals surface area (Å²) in [4.78, 5) is 19.1. The maximum atomic E-state index is 6.43. The molecule has 4 aromatic heterocycles. The molecule has 0 aliphatic carbocycles. The molecule has 0 bridgehead atoms. The molecule has 0 saturated carbocycles. The van der Waals surface area contributed by atoms with Gasteiger partial charge in [-0.25, -0.2) is 4.98 Å². The van der Waals surface area contributed by atoms with Crippen molar-refractivity contribution in [2.45, 2.75) is 45.8 Å². The number of hydrogen-bond acceptors (Lipinski definition) is 5. The molecule has 0 fully saturated rings. The van der Waals surface area contributed by atoms with Gasteiger partial charge < -0.3 is 9.40 Å². The van der Waals surface area contributed by atoms with Gasteiger partial charge in [0.2, 0.25) is 5.71 Å². The largest absolute Gasteiger partial charge is 0.486 e. The Morgan fingerprint density at radius 1 is 0.741 bits per heavy atom. The van der Waals surface area contributed by atoms with Crippen molar-refractivity contribution in [1.29, 1.82) is 0 Å². The molecule has 1 aliphatic rings. The first-order valence-electron chi connectivity index (χ1n) is 18.1. The zero-order valence-electron chi connectivity index (χ0n) is 31.0. The summed E-state index contributed by atoms with van der Waals surface area (Å²) in [6.45, 7) is 11.3. The van der Waals surface area contributed by atoms with Gasteiger partial charge in [0.1, 0.15) is 0 Å². The van der Waals surface area contributed by atoms with E-state index < -0.39 is 8.07 Å². The minimum absolute atomic E-state index is 0. The minimum atomic E-state index is -1.30. The maximum Gasteiger partial charge on any atom is 0.216 e. The van der Waals surface area contributed by atoms with Gasteiger partial charge in [0.05, 0.1) is 25.0 Å². The summed E-state index contributed by atoms with van der Waals surface area (Å²) in [5.74, 6) is -0.0396. The van der Waals surface area contributed by atoms with Crippen LogP contribution in [0.4, 0.5) is 5.69 Å². The molecule has 1 radical (unpaired) electrons. The maximum absolute atomic E-state index is 6.43. The van der Waals surface area contributed by atoms with E-state index in [9.17, 15) is 0 Å². The third-order valence-electron chi connectivity index (χ3n) is 9.79. The van der Waals surface area contributed by atoms with E-state index in [4.69, 9.17) is 14.4 Å². The van der Waals surface area contributed by atoms with E-state index in [1.807, 2.05) is 79.9 Å². The van der Waals surface area contributed by atoms with E-state index in [1.54, 1.807) is 0 Å². The van der Waals surface area contributed by atoms with Crippen LogP contribution < -0.4 is 5.19 Å². The molecule has 1 aliphatic heterocycles. The second kappa shape index (κ2) is 15.6. The third-order valence-corrected chi connectivity index (χ3v) is 11.9. The third kappa shape index (κ3) is 7.27. The zero-order valence-corrected chi connectivity index (χ0v) is 34.4. The molecular formula is C47H40IrN4OSi-2. The van der Waals surface area contributed by atoms with Crippen molar-refractivity contribution >= 4 is 46.7 Å². The second-order valence-corrected chi connectivity index (χ2v) is 19.5. The van der Waals surface area contributed by atoms with Crippen LogP contribution in [0, 0.1) is 19.1 Å². The number of rotatable bonds is 6. The van der Waals surface area contributed by atoms with Crippen LogP contribution in [0.2, 0.25) is 19.6 Å². The fraction of sp³-hybridized carbons (Fsp3) is 0.149. The first-order chi connectivity index (χ1) is 25.8. The van der Waals surface area contributed by atoms with E-state index in [0.717, 1.165) is 73.5 Å². The fourth-order valence-electron chi connectivity index (χ4n) is 7.15. The fourth-order valence-corrected chi connectivity index (χ4v) is 8.81. The van der Waals surface area contributed by atoms with Gasteiger partial charge in [-0.2, -0.15) is 0 Å². The standard InChI is InChI=1S/C31H20N3O.C16H20NSi.Ir/c1-19-17-27-25(18-32-19)28(21-11-6-3-7-12-21)29(33-27)24-14-8-13-22-23-15-16-26(20-9-4-2-5-10-20)34-31(23)35-30(22)24;1-5-13-11-15(14-9-7-6-8-10-14)17-12-16(13)18(2,3)4;/h2-13,15-18,28H,1H3;6-9,11-12H,5H2,1-4H3;/q2*-1;. The summed E-state index contributed by atoms with van der Waals surface area (Å²) < 4.78 is 6.43. The summed E-state index contributed by atoms with van der Waals surface area (Å²) in [5.41, 5.74) is 12.8. The van der Waals surface area contributed by atoms with Crippen LogP contribution in [0.25, 0.3) is 44.6 Å². The molecule has 4 aromatic carbocycles. The molecule has 9 rings (SSSR count). The molecule has 269 valence electrons. The van der Waals surface area contributed by atoms with E-state index in [0.29, 0.717) is 5.71 Å². The number of pyridine rings is 3. The van der Waals surface area contributed by atoms with Gasteiger partial charge in [0.25, 0.3) is 0 Å². The molecule has 0 spiro atoms. The number of fused-ring (bicyclic) bond motifs is 4. The summed E-state index contributed by atoms with van der Waals surface area (Å²) in [7, 11) is -1.30. The topological polar surface area (TPSA) is 64.2 Å². The van der Waals surface area contributed by atoms with Gasteiger partial charge in [-0.15, -0.1) is 54.1 Å². The molecule has 0 amide bonds. The van der Waals surface area contributed by atoms with Crippen LogP contribution in [-0.4, -0.2) is 28.7 Å². The van der Waals surface area contributed by atoms with Gasteiger partial charge in [0, 0.05) is 55.1 Å². The van der Waals surface area contributed by atoms with E-state index in [-0.39, 0.29) is 26.0 Å². The molecule has 0 N–H and O–H groups in total. The van der Waals surface area contributed by atoms with E-state index in [2.05, 4.69) is 109 Å². The van der Waals surface area contributed by atoms with Crippen molar-refractivity contribution in [2.24, 2.45) is 4.99 Å². The van der Waals surface area contributed by atoms with Gasteiger partial charge in [0.15, 0.2) is 0 Å². The number of hydrogen-bond donors (Lipinski definition) is 0. The van der Waals surface area contributed by atoms with Gasteiger partial charge in [-0.05, 0) is 59.3 Å². The number of aromatic nitrogens is 3. The van der Waals surface area contributed by atoms with Crippen LogP contribution in [-0.2, 0) is 26.5 Å². The van der Waals surface area contributed by atoms with E-state index >= 15 is 0 Å². The first kappa shape index (κ1) is 37.0. The molecular weight excluding hydrogens is 857 g/mol. The number of aliphatic imine (C=N–C) groups is 1. The molecule has 1 atom stereocenters. The molecule has 5 heterocycles. The summed E-state index contributed by atoms with van der Waals surface area (Å²) in [6, 6.07) is 47.7. The van der Waals surface area contributed by atoms with Crippen LogP contribution in [0.1, 0.15) is 40.8 Å². The molecule has 5 nitrogen and oxygen atoms in total. The van der Waals surface area contributed by atoms with Crippen LogP contribution in [0.3, 0.4) is 0 Å².